The Hall–Kier alpha value is -2.59. The fourth-order valence-corrected chi connectivity index (χ4v) is 2.32. The Morgan fingerprint density at radius 1 is 1.11 bits per heavy atom. The van der Waals surface area contributed by atoms with Gasteiger partial charge in [0.25, 0.3) is 0 Å². The number of ether oxygens (including phenoxy) is 1. The number of nitrogens with zero attached hydrogens (tertiary/aromatic N) is 1. The number of alkyl halides is 3. The van der Waals surface area contributed by atoms with Crippen molar-refractivity contribution in [3.05, 3.63) is 65.7 Å². The summed E-state index contributed by atoms with van der Waals surface area (Å²) in [5, 5.41) is 12.2. The van der Waals surface area contributed by atoms with E-state index in [1.807, 2.05) is 0 Å². The molecule has 2 aromatic carbocycles. The number of hydrogen-bond acceptors (Lipinski definition) is 6. The maximum atomic E-state index is 13.1. The van der Waals surface area contributed by atoms with Crippen molar-refractivity contribution >= 4 is 15.8 Å². The second-order valence-electron chi connectivity index (χ2n) is 5.44. The van der Waals surface area contributed by atoms with Gasteiger partial charge in [0, 0.05) is 5.56 Å². The summed E-state index contributed by atoms with van der Waals surface area (Å²) in [6.45, 7) is -0.330. The molecule has 1 unspecified atom stereocenters. The van der Waals surface area contributed by atoms with Gasteiger partial charge in [-0.2, -0.15) is 21.6 Å². The van der Waals surface area contributed by atoms with E-state index in [0.717, 1.165) is 12.1 Å². The fraction of sp³-hybridized carbons (Fsp3) is 0.235. The summed E-state index contributed by atoms with van der Waals surface area (Å²) >= 11 is 0. The molecule has 0 aliphatic carbocycles. The molecule has 146 valence electrons. The number of halogens is 3. The molecular formula is C17H16F3NO5S. The van der Waals surface area contributed by atoms with Crippen LogP contribution >= 0.6 is 0 Å². The molecule has 27 heavy (non-hydrogen) atoms. The first kappa shape index (κ1) is 20.7. The third-order valence-corrected chi connectivity index (χ3v) is 3.62. The highest BCUT2D eigenvalue weighted by atomic mass is 32.2. The van der Waals surface area contributed by atoms with Crippen LogP contribution in [0.3, 0.4) is 0 Å². The average Bonchev–Trinajstić information content (AvgIpc) is 2.59. The van der Waals surface area contributed by atoms with E-state index in [-0.39, 0.29) is 12.4 Å². The van der Waals surface area contributed by atoms with E-state index in [1.54, 1.807) is 30.3 Å². The van der Waals surface area contributed by atoms with E-state index >= 15 is 0 Å². The van der Waals surface area contributed by atoms with Crippen molar-refractivity contribution in [2.24, 2.45) is 5.16 Å². The number of rotatable bonds is 7. The lowest BCUT2D eigenvalue weighted by atomic mass is 10.1. The van der Waals surface area contributed by atoms with Crippen LogP contribution in [0.4, 0.5) is 13.2 Å². The molecule has 0 fully saturated rings. The van der Waals surface area contributed by atoms with E-state index in [1.165, 1.54) is 12.1 Å². The Morgan fingerprint density at radius 3 is 2.19 bits per heavy atom. The molecule has 6 nitrogen and oxygen atoms in total. The monoisotopic (exact) mass is 403 g/mol. The van der Waals surface area contributed by atoms with E-state index in [4.69, 9.17) is 4.74 Å². The summed E-state index contributed by atoms with van der Waals surface area (Å²) in [6.07, 6.45) is -5.04. The van der Waals surface area contributed by atoms with Gasteiger partial charge in [-0.3, -0.25) is 4.28 Å². The van der Waals surface area contributed by atoms with Crippen molar-refractivity contribution < 1.29 is 35.7 Å². The van der Waals surface area contributed by atoms with Crippen LogP contribution in [0.15, 0.2) is 59.8 Å². The largest absolute Gasteiger partial charge is 0.483 e. The zero-order valence-corrected chi connectivity index (χ0v) is 14.9. The fourth-order valence-electron chi connectivity index (χ4n) is 2.11. The minimum atomic E-state index is -4.93. The molecule has 0 aromatic heterocycles. The molecule has 0 bridgehead atoms. The van der Waals surface area contributed by atoms with E-state index in [2.05, 4.69) is 9.44 Å². The third-order valence-electron chi connectivity index (χ3n) is 3.28. The smallest absolute Gasteiger partial charge is 0.437 e. The molecule has 0 radical (unpaired) electrons. The standard InChI is InChI=1S/C17H16F3NO5S/c1-27(23,24)26-21-16(17(18,19)20)13-7-9-14(10-8-13)25-15(11-22)12-5-3-2-4-6-12/h2-10,15,22H,11H2,1H3/b21-16-. The van der Waals surface area contributed by atoms with Gasteiger partial charge in [0.1, 0.15) is 11.9 Å². The van der Waals surface area contributed by atoms with Gasteiger partial charge in [0.2, 0.25) is 0 Å². The Bertz CT molecular complexity index is 881. The number of aliphatic hydroxyl groups excluding tert-OH is 1. The van der Waals surface area contributed by atoms with Gasteiger partial charge in [-0.15, -0.1) is 0 Å². The SMILES string of the molecule is CS(=O)(=O)O/N=C(/c1ccc(OC(CO)c2ccccc2)cc1)C(F)(F)F. The third kappa shape index (κ3) is 6.26. The predicted octanol–water partition coefficient (Wildman–Crippen LogP) is 3.04. The van der Waals surface area contributed by atoms with Crippen molar-refractivity contribution in [2.75, 3.05) is 12.9 Å². The van der Waals surface area contributed by atoms with Crippen LogP contribution < -0.4 is 4.74 Å². The number of oxime groups is 1. The summed E-state index contributed by atoms with van der Waals surface area (Å²) in [5.74, 6) is 0.215. The van der Waals surface area contributed by atoms with Gasteiger partial charge in [0.05, 0.1) is 12.9 Å². The van der Waals surface area contributed by atoms with Crippen molar-refractivity contribution in [3.63, 3.8) is 0 Å². The van der Waals surface area contributed by atoms with E-state index in [0.29, 0.717) is 11.8 Å². The molecule has 0 saturated carbocycles. The summed E-state index contributed by atoms with van der Waals surface area (Å²) in [5.41, 5.74) is -1.21. The first-order valence-corrected chi connectivity index (χ1v) is 9.38. The molecule has 1 N–H and O–H groups in total. The number of aliphatic hydroxyl groups is 1. The van der Waals surface area contributed by atoms with E-state index in [9.17, 15) is 26.7 Å². The van der Waals surface area contributed by atoms with Crippen molar-refractivity contribution in [3.8, 4) is 5.75 Å². The summed E-state index contributed by atoms with van der Waals surface area (Å²) in [7, 11) is -4.19. The lowest BCUT2D eigenvalue weighted by molar-refractivity contribution is -0.0596. The second-order valence-corrected chi connectivity index (χ2v) is 7.00. The molecule has 0 amide bonds. The zero-order chi connectivity index (χ0) is 20.1. The minimum absolute atomic E-state index is 0.215. The molecule has 2 rings (SSSR count). The van der Waals surface area contributed by atoms with Gasteiger partial charge >= 0.3 is 16.3 Å². The van der Waals surface area contributed by atoms with Gasteiger partial charge < -0.3 is 9.84 Å². The van der Waals surface area contributed by atoms with Crippen molar-refractivity contribution in [1.82, 2.24) is 0 Å². The maximum Gasteiger partial charge on any atom is 0.437 e. The van der Waals surface area contributed by atoms with Crippen molar-refractivity contribution in [1.29, 1.82) is 0 Å². The lowest BCUT2D eigenvalue weighted by Crippen LogP contribution is -2.25. The van der Waals surface area contributed by atoms with Crippen LogP contribution in [0.1, 0.15) is 17.2 Å². The minimum Gasteiger partial charge on any atom is -0.483 e. The highest BCUT2D eigenvalue weighted by Crippen LogP contribution is 2.26. The normalized spacial score (nSPS) is 13.9. The number of hydrogen-bond donors (Lipinski definition) is 1. The Kier molecular flexibility index (Phi) is 6.45. The molecule has 10 heteroatoms. The van der Waals surface area contributed by atoms with Crippen LogP contribution in [0.2, 0.25) is 0 Å². The molecule has 0 aliphatic rings. The molecular weight excluding hydrogens is 387 g/mol. The second kappa shape index (κ2) is 8.40. The van der Waals surface area contributed by atoms with Gasteiger partial charge in [-0.1, -0.05) is 35.5 Å². The molecule has 2 aromatic rings. The van der Waals surface area contributed by atoms with E-state index < -0.39 is 33.7 Å². The maximum absolute atomic E-state index is 13.1. The van der Waals surface area contributed by atoms with Gasteiger partial charge in [0.15, 0.2) is 5.71 Å². The predicted molar refractivity (Wildman–Crippen MR) is 91.9 cm³/mol. The van der Waals surface area contributed by atoms with Crippen LogP contribution in [-0.2, 0) is 14.4 Å². The molecule has 0 saturated heterocycles. The topological polar surface area (TPSA) is 85.2 Å². The Balaban J connectivity index is 2.24. The summed E-state index contributed by atoms with van der Waals surface area (Å²) < 4.78 is 70.6. The first-order valence-electron chi connectivity index (χ1n) is 7.57. The van der Waals surface area contributed by atoms with Gasteiger partial charge in [-0.25, -0.2) is 0 Å². The quantitative estimate of drug-likeness (QED) is 0.567. The summed E-state index contributed by atoms with van der Waals surface area (Å²) in [6, 6.07) is 13.4. The van der Waals surface area contributed by atoms with Crippen LogP contribution in [-0.4, -0.2) is 38.3 Å². The van der Waals surface area contributed by atoms with Crippen LogP contribution in [0.25, 0.3) is 0 Å². The highest BCUT2D eigenvalue weighted by Gasteiger charge is 2.38. The molecule has 1 atom stereocenters. The number of benzene rings is 2. The zero-order valence-electron chi connectivity index (χ0n) is 14.1. The van der Waals surface area contributed by atoms with Crippen LogP contribution in [0.5, 0.6) is 5.75 Å². The Morgan fingerprint density at radius 2 is 1.70 bits per heavy atom. The molecule has 0 spiro atoms. The first-order chi connectivity index (χ1) is 12.6. The lowest BCUT2D eigenvalue weighted by Gasteiger charge is -2.17. The Labute approximate surface area is 154 Å². The van der Waals surface area contributed by atoms with Crippen LogP contribution in [0, 0.1) is 0 Å². The average molecular weight is 403 g/mol. The molecule has 0 heterocycles. The van der Waals surface area contributed by atoms with Crippen molar-refractivity contribution in [2.45, 2.75) is 12.3 Å². The van der Waals surface area contributed by atoms with Gasteiger partial charge in [-0.05, 0) is 29.8 Å². The summed E-state index contributed by atoms with van der Waals surface area (Å²) in [4.78, 5) is 0. The highest BCUT2D eigenvalue weighted by molar-refractivity contribution is 7.85. The molecule has 0 aliphatic heterocycles.